The molecule has 0 amide bonds. The van der Waals surface area contributed by atoms with E-state index >= 15 is 0 Å². The van der Waals surface area contributed by atoms with Crippen LogP contribution in [0.5, 0.6) is 0 Å². The molecule has 1 aliphatic carbocycles. The van der Waals surface area contributed by atoms with Gasteiger partial charge in [0.1, 0.15) is 17.6 Å². The zero-order valence-corrected chi connectivity index (χ0v) is 22.5. The quantitative estimate of drug-likeness (QED) is 0.330. The SMILES string of the molecule is CC(C)n1c(=O)c(-c2ccc(NS(=O)(=O)CCC(F)(F)F)c(F)c2)cc2cnc(NC3CCC(N)C(F)C3)nc21. The van der Waals surface area contributed by atoms with Crippen LogP contribution in [0.3, 0.4) is 0 Å². The van der Waals surface area contributed by atoms with Crippen molar-refractivity contribution >= 4 is 32.7 Å². The predicted octanol–water partition coefficient (Wildman–Crippen LogP) is 4.50. The van der Waals surface area contributed by atoms with E-state index in [9.17, 15) is 35.2 Å². The number of aromatic nitrogens is 3. The minimum atomic E-state index is -4.69. The summed E-state index contributed by atoms with van der Waals surface area (Å²) in [6.07, 6.45) is -4.59. The molecule has 4 rings (SSSR count). The van der Waals surface area contributed by atoms with Crippen molar-refractivity contribution in [3.05, 3.63) is 46.6 Å². The molecular formula is C25H29F5N6O3S. The molecule has 2 aromatic heterocycles. The van der Waals surface area contributed by atoms with E-state index in [1.807, 2.05) is 4.72 Å². The number of fused-ring (bicyclic) bond motifs is 1. The first-order valence-electron chi connectivity index (χ1n) is 12.6. The Morgan fingerprint density at radius 1 is 1.20 bits per heavy atom. The van der Waals surface area contributed by atoms with Gasteiger partial charge in [-0.25, -0.2) is 22.2 Å². The van der Waals surface area contributed by atoms with Gasteiger partial charge in [0.05, 0.1) is 17.9 Å². The maximum Gasteiger partial charge on any atom is 0.390 e. The second kappa shape index (κ2) is 11.3. The lowest BCUT2D eigenvalue weighted by molar-refractivity contribution is -0.129. The first kappa shape index (κ1) is 29.6. The van der Waals surface area contributed by atoms with E-state index in [4.69, 9.17) is 5.73 Å². The number of nitrogens with one attached hydrogen (secondary N) is 2. The third-order valence-corrected chi connectivity index (χ3v) is 7.92. The maximum atomic E-state index is 14.8. The Kier molecular flexibility index (Phi) is 8.36. The number of hydrogen-bond acceptors (Lipinski definition) is 7. The molecule has 0 radical (unpaired) electrons. The highest BCUT2D eigenvalue weighted by Crippen LogP contribution is 2.28. The van der Waals surface area contributed by atoms with Gasteiger partial charge < -0.3 is 11.1 Å². The molecule has 4 N–H and O–H groups in total. The standard InChI is InChI=1S/C25H29F5N6O3S/c1-13(2)36-22-15(12-32-24(34-22)33-16-4-5-20(31)18(26)11-16)9-17(23(36)37)14-3-6-21(19(27)10-14)35-40(38,39)8-7-25(28,29)30/h3,6,9-10,12-13,16,18,20,35H,4-5,7-8,11,31H2,1-2H3,(H,32,33,34). The van der Waals surface area contributed by atoms with Gasteiger partial charge in [0.2, 0.25) is 16.0 Å². The van der Waals surface area contributed by atoms with E-state index in [0.717, 1.165) is 12.1 Å². The number of alkyl halides is 4. The molecule has 218 valence electrons. The van der Waals surface area contributed by atoms with Crippen LogP contribution in [0.25, 0.3) is 22.2 Å². The summed E-state index contributed by atoms with van der Waals surface area (Å²) in [5.41, 5.74) is 5.20. The van der Waals surface area contributed by atoms with E-state index in [1.165, 1.54) is 22.9 Å². The molecule has 0 bridgehead atoms. The first-order valence-corrected chi connectivity index (χ1v) is 14.2. The van der Waals surface area contributed by atoms with Gasteiger partial charge in [0.15, 0.2) is 0 Å². The van der Waals surface area contributed by atoms with Gasteiger partial charge in [-0.1, -0.05) is 6.07 Å². The van der Waals surface area contributed by atoms with Gasteiger partial charge in [-0.3, -0.25) is 14.1 Å². The lowest BCUT2D eigenvalue weighted by Crippen LogP contribution is -2.42. The fourth-order valence-corrected chi connectivity index (χ4v) is 5.67. The van der Waals surface area contributed by atoms with Crippen molar-refractivity contribution < 1.29 is 30.4 Å². The Hall–Kier alpha value is -3.33. The number of anilines is 2. The van der Waals surface area contributed by atoms with Gasteiger partial charge in [0.25, 0.3) is 5.56 Å². The Morgan fingerprint density at radius 2 is 1.93 bits per heavy atom. The molecule has 9 nitrogen and oxygen atoms in total. The van der Waals surface area contributed by atoms with E-state index in [0.29, 0.717) is 23.9 Å². The van der Waals surface area contributed by atoms with E-state index in [2.05, 4.69) is 15.3 Å². The summed E-state index contributed by atoms with van der Waals surface area (Å²) in [6.45, 7) is 3.52. The molecule has 40 heavy (non-hydrogen) atoms. The minimum Gasteiger partial charge on any atom is -0.351 e. The molecule has 1 aromatic carbocycles. The van der Waals surface area contributed by atoms with Crippen molar-refractivity contribution in [1.29, 1.82) is 0 Å². The molecule has 2 heterocycles. The Bertz CT molecular complexity index is 1560. The highest BCUT2D eigenvalue weighted by Gasteiger charge is 2.31. The predicted molar refractivity (Wildman–Crippen MR) is 142 cm³/mol. The van der Waals surface area contributed by atoms with Crippen molar-refractivity contribution in [3.8, 4) is 11.1 Å². The number of sulfonamides is 1. The fourth-order valence-electron chi connectivity index (χ4n) is 4.56. The topological polar surface area (TPSA) is 132 Å². The molecule has 3 aromatic rings. The van der Waals surface area contributed by atoms with Crippen LogP contribution in [-0.4, -0.2) is 53.1 Å². The molecule has 3 unspecified atom stereocenters. The molecule has 1 aliphatic rings. The highest BCUT2D eigenvalue weighted by atomic mass is 32.2. The Labute approximate surface area is 227 Å². The number of hydrogen-bond donors (Lipinski definition) is 3. The molecule has 15 heteroatoms. The summed E-state index contributed by atoms with van der Waals surface area (Å²) >= 11 is 0. The summed E-state index contributed by atoms with van der Waals surface area (Å²) in [6, 6.07) is 3.62. The van der Waals surface area contributed by atoms with E-state index in [-0.39, 0.29) is 35.6 Å². The number of benzene rings is 1. The fraction of sp³-hybridized carbons (Fsp3) is 0.480. The Balaban J connectivity index is 1.65. The van der Waals surface area contributed by atoms with E-state index in [1.54, 1.807) is 13.8 Å². The maximum absolute atomic E-state index is 14.8. The van der Waals surface area contributed by atoms with Crippen LogP contribution in [0.4, 0.5) is 33.6 Å². The number of nitrogens with zero attached hydrogens (tertiary/aromatic N) is 3. The van der Waals surface area contributed by atoms with Crippen LogP contribution < -0.4 is 21.3 Å². The zero-order chi connectivity index (χ0) is 29.4. The van der Waals surface area contributed by atoms with Crippen LogP contribution in [-0.2, 0) is 10.0 Å². The molecule has 1 fully saturated rings. The van der Waals surface area contributed by atoms with Crippen molar-refractivity contribution in [2.45, 2.75) is 70.0 Å². The summed E-state index contributed by atoms with van der Waals surface area (Å²) in [7, 11) is -4.47. The minimum absolute atomic E-state index is 0.0810. The largest absolute Gasteiger partial charge is 0.390 e. The summed E-state index contributed by atoms with van der Waals surface area (Å²) in [5.74, 6) is -2.12. The van der Waals surface area contributed by atoms with Crippen LogP contribution in [0.1, 0.15) is 45.6 Å². The smallest absolute Gasteiger partial charge is 0.351 e. The van der Waals surface area contributed by atoms with Gasteiger partial charge in [0, 0.05) is 41.7 Å². The lowest BCUT2D eigenvalue weighted by Gasteiger charge is -2.29. The molecule has 3 atom stereocenters. The van der Waals surface area contributed by atoms with Crippen LogP contribution in [0.15, 0.2) is 35.3 Å². The molecule has 1 saturated carbocycles. The van der Waals surface area contributed by atoms with Gasteiger partial charge in [-0.15, -0.1) is 0 Å². The molecule has 0 spiro atoms. The summed E-state index contributed by atoms with van der Waals surface area (Å²) in [5, 5.41) is 3.56. The lowest BCUT2D eigenvalue weighted by atomic mass is 9.90. The zero-order valence-electron chi connectivity index (χ0n) is 21.7. The van der Waals surface area contributed by atoms with Gasteiger partial charge in [-0.05, 0) is 50.5 Å². The normalized spacial score (nSPS) is 20.2. The highest BCUT2D eigenvalue weighted by molar-refractivity contribution is 7.92. The monoisotopic (exact) mass is 588 g/mol. The average Bonchev–Trinajstić information content (AvgIpc) is 2.85. The summed E-state index contributed by atoms with van der Waals surface area (Å²) < 4.78 is 93.3. The van der Waals surface area contributed by atoms with E-state index < -0.39 is 57.7 Å². The number of nitrogens with two attached hydrogens (primary N) is 1. The molecule has 0 aliphatic heterocycles. The molecular weight excluding hydrogens is 559 g/mol. The van der Waals surface area contributed by atoms with Gasteiger partial charge in [-0.2, -0.15) is 18.2 Å². The average molecular weight is 589 g/mol. The number of pyridine rings is 1. The third-order valence-electron chi connectivity index (χ3n) is 6.65. The van der Waals surface area contributed by atoms with Crippen molar-refractivity contribution in [1.82, 2.24) is 14.5 Å². The number of rotatable bonds is 8. The number of halogens is 5. The second-order valence-electron chi connectivity index (χ2n) is 10.1. The first-order chi connectivity index (χ1) is 18.6. The van der Waals surface area contributed by atoms with Crippen LogP contribution >= 0.6 is 0 Å². The van der Waals surface area contributed by atoms with Gasteiger partial charge >= 0.3 is 6.18 Å². The summed E-state index contributed by atoms with van der Waals surface area (Å²) in [4.78, 5) is 22.3. The van der Waals surface area contributed by atoms with Crippen molar-refractivity contribution in [2.24, 2.45) is 5.73 Å². The molecule has 0 saturated heterocycles. The van der Waals surface area contributed by atoms with Crippen LogP contribution in [0.2, 0.25) is 0 Å². The third kappa shape index (κ3) is 6.86. The van der Waals surface area contributed by atoms with Crippen molar-refractivity contribution in [3.63, 3.8) is 0 Å². The van der Waals surface area contributed by atoms with Crippen molar-refractivity contribution in [2.75, 3.05) is 15.8 Å². The van der Waals surface area contributed by atoms with Crippen LogP contribution in [0, 0.1) is 5.82 Å². The Morgan fingerprint density at radius 3 is 2.55 bits per heavy atom. The second-order valence-corrected chi connectivity index (χ2v) is 12.0.